The van der Waals surface area contributed by atoms with Crippen molar-refractivity contribution in [2.75, 3.05) is 7.11 Å². The fourth-order valence-electron chi connectivity index (χ4n) is 6.77. The van der Waals surface area contributed by atoms with Gasteiger partial charge in [0.1, 0.15) is 5.78 Å². The van der Waals surface area contributed by atoms with Gasteiger partial charge in [0.05, 0.1) is 18.5 Å². The monoisotopic (exact) mass is 352 g/mol. The van der Waals surface area contributed by atoms with Crippen LogP contribution in [0.3, 0.4) is 0 Å². The minimum atomic E-state index is -0.949. The Balaban J connectivity index is 2.20. The van der Waals surface area contributed by atoms with Crippen molar-refractivity contribution in [2.24, 2.45) is 34.0 Å². The van der Waals surface area contributed by atoms with Crippen molar-refractivity contribution >= 4 is 5.78 Å². The summed E-state index contributed by atoms with van der Waals surface area (Å²) in [5, 5.41) is 11.3. The molecule has 0 aromatic rings. The molecule has 4 heteroatoms. The number of carbonyl (C=O) groups excluding carboxylic acids is 1. The highest BCUT2D eigenvalue weighted by molar-refractivity contribution is 5.89. The molecule has 0 aliphatic heterocycles. The molecular formula is C21H33FO3. The quantitative estimate of drug-likeness (QED) is 0.806. The minimum absolute atomic E-state index is 0.0683. The van der Waals surface area contributed by atoms with Gasteiger partial charge in [0.25, 0.3) is 0 Å². The van der Waals surface area contributed by atoms with Crippen LogP contribution in [0.5, 0.6) is 0 Å². The van der Waals surface area contributed by atoms with E-state index in [9.17, 15) is 14.3 Å². The highest BCUT2D eigenvalue weighted by atomic mass is 19.1. The summed E-state index contributed by atoms with van der Waals surface area (Å²) in [5.41, 5.74) is -1.42. The maximum Gasteiger partial charge on any atom is 0.146 e. The van der Waals surface area contributed by atoms with E-state index >= 15 is 0 Å². The van der Waals surface area contributed by atoms with Crippen LogP contribution in [0.25, 0.3) is 0 Å². The second kappa shape index (κ2) is 6.16. The summed E-state index contributed by atoms with van der Waals surface area (Å²) in [4.78, 5) is 13.4. The topological polar surface area (TPSA) is 46.5 Å². The Morgan fingerprint density at radius 3 is 2.48 bits per heavy atom. The van der Waals surface area contributed by atoms with Crippen molar-refractivity contribution in [3.63, 3.8) is 0 Å². The Hall–Kier alpha value is -0.740. The Morgan fingerprint density at radius 2 is 1.88 bits per heavy atom. The lowest BCUT2D eigenvalue weighted by Crippen LogP contribution is -2.62. The molecule has 25 heavy (non-hydrogen) atoms. The molecule has 3 rings (SSSR count). The lowest BCUT2D eigenvalue weighted by atomic mass is 9.44. The first-order valence-corrected chi connectivity index (χ1v) is 9.70. The number of hydrogen-bond acceptors (Lipinski definition) is 3. The van der Waals surface area contributed by atoms with Crippen LogP contribution in [-0.4, -0.2) is 30.2 Å². The predicted octanol–water partition coefficient (Wildman–Crippen LogP) is 4.29. The summed E-state index contributed by atoms with van der Waals surface area (Å²) in [7, 11) is 1.75. The van der Waals surface area contributed by atoms with Crippen LogP contribution in [0.1, 0.15) is 59.8 Å². The summed E-state index contributed by atoms with van der Waals surface area (Å²) >= 11 is 0. The zero-order chi connectivity index (χ0) is 18.6. The van der Waals surface area contributed by atoms with Gasteiger partial charge in [0.15, 0.2) is 0 Å². The molecule has 3 aliphatic carbocycles. The van der Waals surface area contributed by atoms with Crippen molar-refractivity contribution in [2.45, 2.75) is 72.0 Å². The summed E-state index contributed by atoms with van der Waals surface area (Å²) < 4.78 is 19.0. The van der Waals surface area contributed by atoms with Gasteiger partial charge in [-0.05, 0) is 62.4 Å². The van der Waals surface area contributed by atoms with Crippen LogP contribution < -0.4 is 0 Å². The van der Waals surface area contributed by atoms with Gasteiger partial charge in [0, 0.05) is 23.9 Å². The third-order valence-corrected chi connectivity index (χ3v) is 8.55. The number of halogens is 1. The van der Waals surface area contributed by atoms with Gasteiger partial charge in [-0.1, -0.05) is 20.8 Å². The first-order chi connectivity index (χ1) is 11.7. The Bertz CT molecular complexity index is 575. The van der Waals surface area contributed by atoms with Gasteiger partial charge in [-0.2, -0.15) is 0 Å². The molecule has 3 saturated carbocycles. The minimum Gasteiger partial charge on any atom is -0.392 e. The van der Waals surface area contributed by atoms with Gasteiger partial charge >= 0.3 is 0 Å². The van der Waals surface area contributed by atoms with E-state index in [0.29, 0.717) is 12.2 Å². The summed E-state index contributed by atoms with van der Waals surface area (Å²) in [6.07, 6.45) is 5.44. The maximum absolute atomic E-state index is 13.4. The Labute approximate surface area is 151 Å². The number of Topliss-reactive ketones (excluding diaryl/α,β-unsaturated/α-hetero) is 1. The first kappa shape index (κ1) is 19.0. The number of methoxy groups -OCH3 is 1. The van der Waals surface area contributed by atoms with Gasteiger partial charge in [-0.3, -0.25) is 4.79 Å². The Kier molecular flexibility index (Phi) is 4.69. The summed E-state index contributed by atoms with van der Waals surface area (Å²) in [6.45, 7) is 8.22. The van der Waals surface area contributed by atoms with E-state index in [1.54, 1.807) is 14.0 Å². The molecule has 3 aliphatic rings. The largest absolute Gasteiger partial charge is 0.392 e. The van der Waals surface area contributed by atoms with Crippen molar-refractivity contribution in [3.05, 3.63) is 12.4 Å². The number of ketones is 1. The molecule has 8 atom stereocenters. The molecule has 0 radical (unpaired) electrons. The molecule has 142 valence electrons. The summed E-state index contributed by atoms with van der Waals surface area (Å²) in [5.74, 6) is 0.425. The molecule has 0 aromatic heterocycles. The Morgan fingerprint density at radius 1 is 1.24 bits per heavy atom. The van der Waals surface area contributed by atoms with Crippen LogP contribution in [0, 0.1) is 34.0 Å². The number of carbonyl (C=O) groups is 1. The molecule has 2 bridgehead atoms. The van der Waals surface area contributed by atoms with E-state index in [4.69, 9.17) is 4.74 Å². The average molecular weight is 352 g/mol. The van der Waals surface area contributed by atoms with Crippen molar-refractivity contribution in [1.29, 1.82) is 0 Å². The van der Waals surface area contributed by atoms with Crippen LogP contribution in [-0.2, 0) is 9.53 Å². The summed E-state index contributed by atoms with van der Waals surface area (Å²) in [6, 6.07) is 0. The predicted molar refractivity (Wildman–Crippen MR) is 95.6 cm³/mol. The maximum atomic E-state index is 13.4. The van der Waals surface area contributed by atoms with E-state index in [1.807, 2.05) is 6.92 Å². The standard InChI is InChI=1S/C21H33FO3/c1-13-6-8-21-9-7-15(25-5)17(21)20(13,4)16(23)12-19(3,10-11-22)18(24)14(21)2/h10-11,13-17,23H,6-9,12H2,1-5H3/b11-10-/t13-,14+,15-,16-,17?,19-,20+,21?/m1/s1. The number of ether oxygens (including phenoxy) is 1. The van der Waals surface area contributed by atoms with Gasteiger partial charge < -0.3 is 9.84 Å². The molecule has 0 aromatic carbocycles. The number of aliphatic hydroxyl groups is 1. The normalized spacial score (nSPS) is 53.6. The van der Waals surface area contributed by atoms with Gasteiger partial charge in [-0.15, -0.1) is 0 Å². The fraction of sp³-hybridized carbons (Fsp3) is 0.857. The molecule has 3 fully saturated rings. The SMILES string of the molecule is CO[C@@H]1CCC23CC[C@@H](C)[C@](C)(C12)[C@H](O)C[C@@](C)(/C=C\F)C(=O)[C@@H]3C. The second-order valence-corrected chi connectivity index (χ2v) is 9.35. The first-order valence-electron chi connectivity index (χ1n) is 9.70. The van der Waals surface area contributed by atoms with Crippen LogP contribution in [0.4, 0.5) is 4.39 Å². The van der Waals surface area contributed by atoms with Crippen molar-refractivity contribution in [1.82, 2.24) is 0 Å². The molecule has 0 amide bonds. The molecule has 2 unspecified atom stereocenters. The van der Waals surface area contributed by atoms with Crippen LogP contribution in [0.2, 0.25) is 0 Å². The van der Waals surface area contributed by atoms with E-state index < -0.39 is 11.5 Å². The molecule has 0 saturated heterocycles. The zero-order valence-electron chi connectivity index (χ0n) is 16.2. The smallest absolute Gasteiger partial charge is 0.146 e. The third kappa shape index (κ3) is 2.39. The lowest BCUT2D eigenvalue weighted by Gasteiger charge is -2.61. The van der Waals surface area contributed by atoms with E-state index in [1.165, 1.54) is 6.08 Å². The van der Waals surface area contributed by atoms with Crippen LogP contribution >= 0.6 is 0 Å². The number of rotatable bonds is 2. The lowest BCUT2D eigenvalue weighted by molar-refractivity contribution is -0.188. The molecule has 3 nitrogen and oxygen atoms in total. The highest BCUT2D eigenvalue weighted by Crippen LogP contribution is 2.68. The van der Waals surface area contributed by atoms with E-state index in [-0.39, 0.29) is 41.0 Å². The number of hydrogen-bond donors (Lipinski definition) is 1. The third-order valence-electron chi connectivity index (χ3n) is 8.55. The fourth-order valence-corrected chi connectivity index (χ4v) is 6.77. The highest BCUT2D eigenvalue weighted by Gasteiger charge is 2.67. The number of aliphatic hydroxyl groups excluding tert-OH is 1. The van der Waals surface area contributed by atoms with E-state index in [2.05, 4.69) is 13.8 Å². The molecule has 1 N–H and O–H groups in total. The molecule has 0 heterocycles. The van der Waals surface area contributed by atoms with Crippen molar-refractivity contribution < 1.29 is 19.0 Å². The zero-order valence-corrected chi connectivity index (χ0v) is 16.2. The van der Waals surface area contributed by atoms with Gasteiger partial charge in [0.2, 0.25) is 0 Å². The number of allylic oxidation sites excluding steroid dienone is 1. The van der Waals surface area contributed by atoms with Crippen molar-refractivity contribution in [3.8, 4) is 0 Å². The average Bonchev–Trinajstić information content (AvgIpc) is 2.97. The van der Waals surface area contributed by atoms with E-state index in [0.717, 1.165) is 25.7 Å². The van der Waals surface area contributed by atoms with Gasteiger partial charge in [-0.25, -0.2) is 4.39 Å². The molecular weight excluding hydrogens is 319 g/mol. The second-order valence-electron chi connectivity index (χ2n) is 9.35. The molecule has 0 spiro atoms. The van der Waals surface area contributed by atoms with Crippen LogP contribution in [0.15, 0.2) is 12.4 Å².